The molecule has 1 aromatic rings. The number of hydrogen-bond donors (Lipinski definition) is 1. The molecule has 0 aromatic heterocycles. The molecule has 1 N–H and O–H groups in total. The average molecular weight is 283 g/mol. The molecule has 1 aromatic carbocycles. The molecule has 0 heterocycles. The highest BCUT2D eigenvalue weighted by Crippen LogP contribution is 2.38. The molecule has 0 aliphatic rings. The largest absolute Gasteiger partial charge is 0.286 e. The Bertz CT molecular complexity index is 429. The molecule has 0 atom stereocenters. The highest BCUT2D eigenvalue weighted by Gasteiger charge is 2.26. The summed E-state index contributed by atoms with van der Waals surface area (Å²) >= 11 is 12.2. The van der Waals surface area contributed by atoms with E-state index in [1.165, 1.54) is 0 Å². The number of rotatable bonds is 5. The van der Waals surface area contributed by atoms with Gasteiger partial charge in [0.15, 0.2) is 0 Å². The Morgan fingerprint density at radius 1 is 1.19 bits per heavy atom. The second-order valence-electron chi connectivity index (χ2n) is 3.46. The van der Waals surface area contributed by atoms with Crippen LogP contribution in [0.25, 0.3) is 0 Å². The van der Waals surface area contributed by atoms with Gasteiger partial charge in [-0.3, -0.25) is 4.55 Å². The summed E-state index contributed by atoms with van der Waals surface area (Å²) in [6.45, 7) is 0. The van der Waals surface area contributed by atoms with Crippen molar-refractivity contribution in [2.45, 2.75) is 17.2 Å². The Morgan fingerprint density at radius 3 is 2.25 bits per heavy atom. The first-order chi connectivity index (χ1) is 7.31. The van der Waals surface area contributed by atoms with Crippen LogP contribution in [0.5, 0.6) is 0 Å². The molecule has 3 nitrogen and oxygen atoms in total. The van der Waals surface area contributed by atoms with E-state index in [1.807, 2.05) is 6.07 Å². The third kappa shape index (κ3) is 4.70. The molecular formula is C10H12Cl2O3S. The predicted molar refractivity (Wildman–Crippen MR) is 65.5 cm³/mol. The molecule has 0 fully saturated rings. The van der Waals surface area contributed by atoms with Gasteiger partial charge in [-0.1, -0.05) is 53.5 Å². The van der Waals surface area contributed by atoms with Gasteiger partial charge in [0.25, 0.3) is 10.1 Å². The molecule has 6 heteroatoms. The second-order valence-corrected chi connectivity index (χ2v) is 6.52. The Kier molecular flexibility index (Phi) is 4.62. The summed E-state index contributed by atoms with van der Waals surface area (Å²) in [5, 5.41) is 0. The van der Waals surface area contributed by atoms with E-state index >= 15 is 0 Å². The van der Waals surface area contributed by atoms with Crippen molar-refractivity contribution in [3.8, 4) is 0 Å². The molecule has 0 amide bonds. The van der Waals surface area contributed by atoms with E-state index in [4.69, 9.17) is 27.8 Å². The molecule has 1 rings (SSSR count). The van der Waals surface area contributed by atoms with Crippen LogP contribution in [0, 0.1) is 0 Å². The van der Waals surface area contributed by atoms with E-state index < -0.39 is 14.5 Å². The first kappa shape index (κ1) is 13.8. The van der Waals surface area contributed by atoms with Crippen LogP contribution in [0.15, 0.2) is 30.3 Å². The molecule has 0 bridgehead atoms. The third-order valence-electron chi connectivity index (χ3n) is 2.09. The van der Waals surface area contributed by atoms with Crippen molar-refractivity contribution in [3.05, 3.63) is 35.9 Å². The van der Waals surface area contributed by atoms with E-state index in [9.17, 15) is 8.42 Å². The Hall–Kier alpha value is -0.290. The lowest BCUT2D eigenvalue weighted by molar-refractivity contribution is 0.479. The van der Waals surface area contributed by atoms with E-state index in [1.54, 1.807) is 24.3 Å². The molecule has 0 saturated heterocycles. The van der Waals surface area contributed by atoms with Crippen molar-refractivity contribution < 1.29 is 13.0 Å². The van der Waals surface area contributed by atoms with Crippen LogP contribution in [0.1, 0.15) is 18.4 Å². The molecule has 0 saturated carbocycles. The maximum Gasteiger partial charge on any atom is 0.264 e. The molecular weight excluding hydrogens is 271 g/mol. The minimum atomic E-state index is -3.95. The minimum Gasteiger partial charge on any atom is -0.286 e. The van der Waals surface area contributed by atoms with Gasteiger partial charge in [-0.2, -0.15) is 8.42 Å². The van der Waals surface area contributed by atoms with Crippen molar-refractivity contribution in [2.75, 3.05) is 5.75 Å². The summed E-state index contributed by atoms with van der Waals surface area (Å²) in [5.74, 6) is -0.332. The minimum absolute atomic E-state index is 0.209. The maximum absolute atomic E-state index is 10.5. The fraction of sp³-hybridized carbons (Fsp3) is 0.400. The smallest absolute Gasteiger partial charge is 0.264 e. The zero-order valence-electron chi connectivity index (χ0n) is 8.44. The van der Waals surface area contributed by atoms with Crippen molar-refractivity contribution in [1.82, 2.24) is 0 Å². The van der Waals surface area contributed by atoms with Gasteiger partial charge < -0.3 is 0 Å². The fourth-order valence-corrected chi connectivity index (χ4v) is 2.33. The summed E-state index contributed by atoms with van der Waals surface area (Å²) in [6, 6.07) is 8.99. The van der Waals surface area contributed by atoms with Crippen molar-refractivity contribution in [3.63, 3.8) is 0 Å². The number of alkyl halides is 2. The molecule has 0 aliphatic carbocycles. The standard InChI is InChI=1S/C10H12Cl2O3S/c11-10(12,7-4-8-16(13,14)15)9-5-2-1-3-6-9/h1-3,5-6H,4,7-8H2,(H,13,14,15). The Morgan fingerprint density at radius 2 is 1.75 bits per heavy atom. The van der Waals surface area contributed by atoms with Gasteiger partial charge in [-0.05, 0) is 18.4 Å². The second kappa shape index (κ2) is 5.36. The lowest BCUT2D eigenvalue weighted by Gasteiger charge is -2.19. The maximum atomic E-state index is 10.5. The summed E-state index contributed by atoms with van der Waals surface area (Å²) in [6.07, 6.45) is 0.473. The highest BCUT2D eigenvalue weighted by molar-refractivity contribution is 7.85. The number of hydrogen-bond acceptors (Lipinski definition) is 2. The van der Waals surface area contributed by atoms with Crippen molar-refractivity contribution in [2.24, 2.45) is 0 Å². The number of halogens is 2. The highest BCUT2D eigenvalue weighted by atomic mass is 35.5. The summed E-state index contributed by atoms with van der Waals surface area (Å²) in [5.41, 5.74) is 0.716. The Labute approximate surface area is 105 Å². The predicted octanol–water partition coefficient (Wildman–Crippen LogP) is 2.99. The van der Waals surface area contributed by atoms with Gasteiger partial charge in [0.05, 0.1) is 5.75 Å². The first-order valence-corrected chi connectivity index (χ1v) is 7.06. The average Bonchev–Trinajstić information content (AvgIpc) is 2.17. The van der Waals surface area contributed by atoms with Crippen molar-refractivity contribution in [1.29, 1.82) is 0 Å². The third-order valence-corrected chi connectivity index (χ3v) is 3.71. The summed E-state index contributed by atoms with van der Waals surface area (Å²) in [4.78, 5) is 0. The van der Waals surface area contributed by atoms with E-state index in [0.29, 0.717) is 5.56 Å². The van der Waals surface area contributed by atoms with Crippen LogP contribution in [-0.2, 0) is 14.5 Å². The van der Waals surface area contributed by atoms with Crippen molar-refractivity contribution >= 4 is 33.3 Å². The van der Waals surface area contributed by atoms with E-state index in [-0.39, 0.29) is 18.6 Å². The van der Waals surface area contributed by atoms with E-state index in [0.717, 1.165) is 0 Å². The zero-order chi connectivity index (χ0) is 12.2. The van der Waals surface area contributed by atoms with Crippen LogP contribution in [0.2, 0.25) is 0 Å². The van der Waals surface area contributed by atoms with E-state index in [2.05, 4.69) is 0 Å². The van der Waals surface area contributed by atoms with Crippen LogP contribution >= 0.6 is 23.2 Å². The molecule has 0 unspecified atom stereocenters. The normalized spacial score (nSPS) is 12.7. The topological polar surface area (TPSA) is 54.4 Å². The summed E-state index contributed by atoms with van der Waals surface area (Å²) < 4.78 is 28.5. The van der Waals surface area contributed by atoms with Gasteiger partial charge >= 0.3 is 0 Å². The molecule has 0 spiro atoms. The van der Waals surface area contributed by atoms with Crippen LogP contribution in [0.4, 0.5) is 0 Å². The lowest BCUT2D eigenvalue weighted by atomic mass is 10.1. The van der Waals surface area contributed by atoms with Crippen LogP contribution in [0.3, 0.4) is 0 Å². The Balaban J connectivity index is 2.59. The van der Waals surface area contributed by atoms with Crippen LogP contribution in [-0.4, -0.2) is 18.7 Å². The quantitative estimate of drug-likeness (QED) is 0.667. The lowest BCUT2D eigenvalue weighted by Crippen LogP contribution is -2.13. The zero-order valence-corrected chi connectivity index (χ0v) is 10.8. The van der Waals surface area contributed by atoms with Gasteiger partial charge in [0, 0.05) is 0 Å². The summed E-state index contributed by atoms with van der Waals surface area (Å²) in [7, 11) is -3.95. The van der Waals surface area contributed by atoms with Gasteiger partial charge in [0.2, 0.25) is 0 Å². The fourth-order valence-electron chi connectivity index (χ4n) is 1.30. The molecule has 0 radical (unpaired) electrons. The SMILES string of the molecule is O=S(=O)(O)CCCC(Cl)(Cl)c1ccccc1. The van der Waals surface area contributed by atoms with Crippen LogP contribution < -0.4 is 0 Å². The number of benzene rings is 1. The van der Waals surface area contributed by atoms with Gasteiger partial charge in [0.1, 0.15) is 4.33 Å². The van der Waals surface area contributed by atoms with Gasteiger partial charge in [-0.25, -0.2) is 0 Å². The first-order valence-electron chi connectivity index (χ1n) is 4.70. The molecule has 0 aliphatic heterocycles. The monoisotopic (exact) mass is 282 g/mol. The molecule has 16 heavy (non-hydrogen) atoms. The molecule has 90 valence electrons. The van der Waals surface area contributed by atoms with Gasteiger partial charge in [-0.15, -0.1) is 0 Å².